The van der Waals surface area contributed by atoms with Crippen molar-refractivity contribution in [1.82, 2.24) is 15.4 Å². The van der Waals surface area contributed by atoms with E-state index in [4.69, 9.17) is 4.52 Å². The molecule has 5 rings (SSSR count). The van der Waals surface area contributed by atoms with Gasteiger partial charge in [-0.3, -0.25) is 0 Å². The molecule has 1 aliphatic heterocycles. The van der Waals surface area contributed by atoms with Crippen LogP contribution in [0.15, 0.2) is 71.3 Å². The van der Waals surface area contributed by atoms with Gasteiger partial charge < -0.3 is 9.42 Å². The zero-order chi connectivity index (χ0) is 18.9. The summed E-state index contributed by atoms with van der Waals surface area (Å²) in [6, 6.07) is 20.2. The fraction of sp³-hybridized carbons (Fsp3) is 0.136. The second kappa shape index (κ2) is 6.88. The number of hydrogen-bond acceptors (Lipinski definition) is 5. The van der Waals surface area contributed by atoms with Gasteiger partial charge in [0.1, 0.15) is 5.82 Å². The Kier molecular flexibility index (Phi) is 4.09. The van der Waals surface area contributed by atoms with Gasteiger partial charge in [-0.2, -0.15) is 0 Å². The van der Waals surface area contributed by atoms with Crippen LogP contribution in [0.1, 0.15) is 11.3 Å². The number of benzene rings is 2. The van der Waals surface area contributed by atoms with E-state index in [1.54, 1.807) is 12.1 Å². The summed E-state index contributed by atoms with van der Waals surface area (Å²) in [5.41, 5.74) is 4.68. The molecule has 28 heavy (non-hydrogen) atoms. The highest BCUT2D eigenvalue weighted by atomic mass is 19.1. The third kappa shape index (κ3) is 3.03. The molecule has 0 N–H and O–H groups in total. The van der Waals surface area contributed by atoms with Crippen molar-refractivity contribution < 1.29 is 8.91 Å². The fourth-order valence-electron chi connectivity index (χ4n) is 3.49. The van der Waals surface area contributed by atoms with Gasteiger partial charge in [-0.15, -0.1) is 10.2 Å². The highest BCUT2D eigenvalue weighted by Crippen LogP contribution is 2.32. The zero-order valence-electron chi connectivity index (χ0n) is 15.0. The average molecular weight is 372 g/mol. The molecule has 4 aromatic rings. The molecule has 0 bridgehead atoms. The number of anilines is 1. The predicted octanol–water partition coefficient (Wildman–Crippen LogP) is 4.50. The molecule has 6 heteroatoms. The minimum atomic E-state index is -0.271. The van der Waals surface area contributed by atoms with Crippen molar-refractivity contribution in [3.8, 4) is 22.6 Å². The molecule has 2 aromatic heterocycles. The van der Waals surface area contributed by atoms with Crippen molar-refractivity contribution in [3.63, 3.8) is 0 Å². The van der Waals surface area contributed by atoms with Crippen LogP contribution in [-0.4, -0.2) is 21.9 Å². The third-order valence-electron chi connectivity index (χ3n) is 4.99. The first-order chi connectivity index (χ1) is 13.8. The summed E-state index contributed by atoms with van der Waals surface area (Å²) < 4.78 is 18.8. The van der Waals surface area contributed by atoms with Crippen LogP contribution in [0, 0.1) is 5.82 Å². The average Bonchev–Trinajstić information content (AvgIpc) is 3.18. The minimum Gasteiger partial charge on any atom is -0.356 e. The van der Waals surface area contributed by atoms with Crippen LogP contribution >= 0.6 is 0 Å². The summed E-state index contributed by atoms with van der Waals surface area (Å²) >= 11 is 0. The normalized spacial score (nSPS) is 13.4. The van der Waals surface area contributed by atoms with E-state index in [0.29, 0.717) is 12.3 Å². The topological polar surface area (TPSA) is 55.1 Å². The number of nitrogens with zero attached hydrogens (tertiary/aromatic N) is 4. The maximum absolute atomic E-state index is 13.2. The van der Waals surface area contributed by atoms with E-state index in [-0.39, 0.29) is 5.82 Å². The summed E-state index contributed by atoms with van der Waals surface area (Å²) in [6.07, 6.45) is 0.766. The van der Waals surface area contributed by atoms with Gasteiger partial charge in [-0.05, 0) is 36.4 Å². The number of fused-ring (bicyclic) bond motifs is 1. The second-order valence-electron chi connectivity index (χ2n) is 6.76. The molecule has 1 aliphatic rings. The molecule has 0 spiro atoms. The lowest BCUT2D eigenvalue weighted by Crippen LogP contribution is -2.31. The van der Waals surface area contributed by atoms with E-state index in [1.807, 2.05) is 42.5 Å². The van der Waals surface area contributed by atoms with Crippen LogP contribution < -0.4 is 4.90 Å². The molecular weight excluding hydrogens is 355 g/mol. The first kappa shape index (κ1) is 16.6. The molecule has 0 atom stereocenters. The summed E-state index contributed by atoms with van der Waals surface area (Å²) in [7, 11) is 0. The molecule has 138 valence electrons. The Balaban J connectivity index is 1.41. The van der Waals surface area contributed by atoms with Crippen LogP contribution in [0.4, 0.5) is 10.2 Å². The second-order valence-corrected chi connectivity index (χ2v) is 6.76. The maximum atomic E-state index is 13.2. The largest absolute Gasteiger partial charge is 0.356 e. The van der Waals surface area contributed by atoms with Gasteiger partial charge in [0.2, 0.25) is 0 Å². The molecule has 0 saturated carbocycles. The molecule has 0 radical (unpaired) electrons. The van der Waals surface area contributed by atoms with Gasteiger partial charge in [0.05, 0.1) is 17.9 Å². The van der Waals surface area contributed by atoms with Crippen LogP contribution in [0.3, 0.4) is 0 Å². The van der Waals surface area contributed by atoms with Gasteiger partial charge in [-0.25, -0.2) is 4.39 Å². The highest BCUT2D eigenvalue weighted by molar-refractivity contribution is 5.64. The molecule has 0 fully saturated rings. The SMILES string of the molecule is Fc1ccc(-c2onc3c2CN(c2ccc(-c4ccccc4)nn2)CC3)cc1. The molecule has 0 aliphatic carbocycles. The standard InChI is InChI=1S/C22H17FN4O/c23-17-8-6-16(7-9-17)22-18-14-27(13-12-20(18)26-28-22)21-11-10-19(24-25-21)15-4-2-1-3-5-15/h1-11H,12-14H2. The monoisotopic (exact) mass is 372 g/mol. The first-order valence-electron chi connectivity index (χ1n) is 9.15. The molecular formula is C22H17FN4O. The lowest BCUT2D eigenvalue weighted by atomic mass is 10.0. The Bertz CT molecular complexity index is 1090. The van der Waals surface area contributed by atoms with E-state index >= 15 is 0 Å². The first-order valence-corrected chi connectivity index (χ1v) is 9.15. The molecule has 0 unspecified atom stereocenters. The maximum Gasteiger partial charge on any atom is 0.172 e. The molecule has 5 nitrogen and oxygen atoms in total. The van der Waals surface area contributed by atoms with Crippen LogP contribution in [-0.2, 0) is 13.0 Å². The quantitative estimate of drug-likeness (QED) is 0.530. The fourth-order valence-corrected chi connectivity index (χ4v) is 3.49. The molecule has 0 amide bonds. The van der Waals surface area contributed by atoms with Crippen LogP contribution in [0.5, 0.6) is 0 Å². The van der Waals surface area contributed by atoms with E-state index in [0.717, 1.165) is 46.9 Å². The Labute approximate surface area is 161 Å². The van der Waals surface area contributed by atoms with E-state index in [9.17, 15) is 4.39 Å². The number of hydrogen-bond donors (Lipinski definition) is 0. The van der Waals surface area contributed by atoms with Gasteiger partial charge in [0.15, 0.2) is 11.6 Å². The Morgan fingerprint density at radius 3 is 2.43 bits per heavy atom. The minimum absolute atomic E-state index is 0.271. The highest BCUT2D eigenvalue weighted by Gasteiger charge is 2.25. The third-order valence-corrected chi connectivity index (χ3v) is 4.99. The van der Waals surface area contributed by atoms with Gasteiger partial charge >= 0.3 is 0 Å². The van der Waals surface area contributed by atoms with Crippen molar-refractivity contribution in [3.05, 3.63) is 83.8 Å². The Morgan fingerprint density at radius 1 is 0.857 bits per heavy atom. The summed E-state index contributed by atoms with van der Waals surface area (Å²) in [5, 5.41) is 13.0. The summed E-state index contributed by atoms with van der Waals surface area (Å²) in [4.78, 5) is 2.16. The van der Waals surface area contributed by atoms with E-state index < -0.39 is 0 Å². The molecule has 0 saturated heterocycles. The van der Waals surface area contributed by atoms with Crippen molar-refractivity contribution in [2.45, 2.75) is 13.0 Å². The van der Waals surface area contributed by atoms with Crippen molar-refractivity contribution >= 4 is 5.82 Å². The Hall–Kier alpha value is -3.54. The predicted molar refractivity (Wildman–Crippen MR) is 104 cm³/mol. The number of aromatic nitrogens is 3. The van der Waals surface area contributed by atoms with E-state index in [2.05, 4.69) is 20.3 Å². The molecule has 2 aromatic carbocycles. The number of halogens is 1. The van der Waals surface area contributed by atoms with Crippen molar-refractivity contribution in [1.29, 1.82) is 0 Å². The van der Waals surface area contributed by atoms with Gasteiger partial charge in [-0.1, -0.05) is 35.5 Å². The summed E-state index contributed by atoms with van der Waals surface area (Å²) in [5.74, 6) is 1.23. The van der Waals surface area contributed by atoms with Crippen molar-refractivity contribution in [2.75, 3.05) is 11.4 Å². The van der Waals surface area contributed by atoms with Crippen LogP contribution in [0.2, 0.25) is 0 Å². The lowest BCUT2D eigenvalue weighted by Gasteiger charge is -2.27. The molecule has 3 heterocycles. The number of rotatable bonds is 3. The smallest absolute Gasteiger partial charge is 0.172 e. The summed E-state index contributed by atoms with van der Waals surface area (Å²) in [6.45, 7) is 1.42. The lowest BCUT2D eigenvalue weighted by molar-refractivity contribution is 0.424. The van der Waals surface area contributed by atoms with Gasteiger partial charge in [0.25, 0.3) is 0 Å². The zero-order valence-corrected chi connectivity index (χ0v) is 15.0. The van der Waals surface area contributed by atoms with Crippen molar-refractivity contribution in [2.24, 2.45) is 0 Å². The Morgan fingerprint density at radius 2 is 1.68 bits per heavy atom. The van der Waals surface area contributed by atoms with Gasteiger partial charge in [0, 0.05) is 29.7 Å². The van der Waals surface area contributed by atoms with E-state index in [1.165, 1.54) is 12.1 Å². The van der Waals surface area contributed by atoms with Crippen LogP contribution in [0.25, 0.3) is 22.6 Å².